The zero-order valence-electron chi connectivity index (χ0n) is 15.4. The zero-order valence-corrected chi connectivity index (χ0v) is 17.7. The van der Waals surface area contributed by atoms with Crippen LogP contribution in [0.3, 0.4) is 0 Å². The summed E-state index contributed by atoms with van der Waals surface area (Å²) in [6.45, 7) is 1.85. The molecular formula is C19H16Cl2N4O2S. The third-order valence-corrected chi connectivity index (χ3v) is 5.79. The van der Waals surface area contributed by atoms with Crippen LogP contribution in [0.25, 0.3) is 16.6 Å². The van der Waals surface area contributed by atoms with Crippen LogP contribution >= 0.6 is 35.0 Å². The van der Waals surface area contributed by atoms with Crippen LogP contribution in [0.4, 0.5) is 0 Å². The maximum Gasteiger partial charge on any atom is 0.191 e. The average molecular weight is 435 g/mol. The molecular weight excluding hydrogens is 419 g/mol. The van der Waals surface area contributed by atoms with Gasteiger partial charge in [0.05, 0.1) is 19.7 Å². The number of rotatable bonds is 5. The number of thioether (sulfide) groups is 1. The maximum absolute atomic E-state index is 6.30. The van der Waals surface area contributed by atoms with Crippen molar-refractivity contribution in [2.24, 2.45) is 0 Å². The molecule has 2 aromatic heterocycles. The molecule has 6 nitrogen and oxygen atoms in total. The Labute approximate surface area is 175 Å². The summed E-state index contributed by atoms with van der Waals surface area (Å²) in [4.78, 5) is 9.36. The Hall–Kier alpha value is -2.22. The van der Waals surface area contributed by atoms with Crippen molar-refractivity contribution in [3.63, 3.8) is 0 Å². The number of methoxy groups -OCH3 is 2. The molecule has 0 bridgehead atoms. The van der Waals surface area contributed by atoms with Gasteiger partial charge in [0.1, 0.15) is 5.82 Å². The summed E-state index contributed by atoms with van der Waals surface area (Å²) < 4.78 is 12.6. The quantitative estimate of drug-likeness (QED) is 0.317. The van der Waals surface area contributed by atoms with Gasteiger partial charge >= 0.3 is 0 Å². The van der Waals surface area contributed by atoms with E-state index in [2.05, 4.69) is 10.1 Å². The molecule has 0 aliphatic rings. The summed E-state index contributed by atoms with van der Waals surface area (Å²) in [6.07, 6.45) is 0. The monoisotopic (exact) mass is 434 g/mol. The number of ether oxygens (including phenoxy) is 2. The Balaban J connectivity index is 1.82. The molecule has 4 rings (SSSR count). The smallest absolute Gasteiger partial charge is 0.191 e. The van der Waals surface area contributed by atoms with Crippen LogP contribution in [0.15, 0.2) is 35.5 Å². The van der Waals surface area contributed by atoms with E-state index in [9.17, 15) is 0 Å². The van der Waals surface area contributed by atoms with Crippen molar-refractivity contribution in [2.45, 2.75) is 17.8 Å². The largest absolute Gasteiger partial charge is 0.493 e. The highest BCUT2D eigenvalue weighted by atomic mass is 35.5. The standard InChI is InChI=1S/C19H16Cl2N4O2S/c1-10-22-18-13-7-16(26-2)17(27-3)8-15(13)23-19(25(18)24-10)28-9-11-4-5-12(20)6-14(11)21/h4-8H,9H2,1-3H3. The summed E-state index contributed by atoms with van der Waals surface area (Å²) >= 11 is 13.8. The molecule has 28 heavy (non-hydrogen) atoms. The Bertz CT molecular complexity index is 1200. The van der Waals surface area contributed by atoms with Gasteiger partial charge in [-0.3, -0.25) is 0 Å². The van der Waals surface area contributed by atoms with Gasteiger partial charge in [-0.15, -0.1) is 5.10 Å². The van der Waals surface area contributed by atoms with E-state index in [0.717, 1.165) is 16.5 Å². The molecule has 0 N–H and O–H groups in total. The first kappa shape index (κ1) is 19.1. The van der Waals surface area contributed by atoms with Gasteiger partial charge in [-0.1, -0.05) is 41.0 Å². The molecule has 0 aliphatic carbocycles. The van der Waals surface area contributed by atoms with Crippen molar-refractivity contribution in [2.75, 3.05) is 14.2 Å². The molecule has 2 heterocycles. The highest BCUT2D eigenvalue weighted by molar-refractivity contribution is 7.98. The number of hydrogen-bond acceptors (Lipinski definition) is 6. The lowest BCUT2D eigenvalue weighted by Gasteiger charge is -2.11. The lowest BCUT2D eigenvalue weighted by molar-refractivity contribution is 0.355. The summed E-state index contributed by atoms with van der Waals surface area (Å²) in [5.41, 5.74) is 2.44. The minimum absolute atomic E-state index is 0.609. The van der Waals surface area contributed by atoms with E-state index in [0.29, 0.717) is 43.9 Å². The van der Waals surface area contributed by atoms with Gasteiger partial charge in [0.25, 0.3) is 0 Å². The minimum Gasteiger partial charge on any atom is -0.493 e. The van der Waals surface area contributed by atoms with Crippen molar-refractivity contribution < 1.29 is 9.47 Å². The Morgan fingerprint density at radius 3 is 2.50 bits per heavy atom. The Kier molecular flexibility index (Phi) is 5.23. The van der Waals surface area contributed by atoms with Crippen molar-refractivity contribution in [3.05, 3.63) is 51.8 Å². The van der Waals surface area contributed by atoms with E-state index in [1.165, 1.54) is 11.8 Å². The van der Waals surface area contributed by atoms with E-state index in [-0.39, 0.29) is 0 Å². The highest BCUT2D eigenvalue weighted by Gasteiger charge is 2.16. The van der Waals surface area contributed by atoms with Gasteiger partial charge in [-0.05, 0) is 30.7 Å². The van der Waals surface area contributed by atoms with Gasteiger partial charge in [-0.25, -0.2) is 9.97 Å². The van der Waals surface area contributed by atoms with E-state index < -0.39 is 0 Å². The summed E-state index contributed by atoms with van der Waals surface area (Å²) in [5, 5.41) is 7.29. The van der Waals surface area contributed by atoms with Crippen molar-refractivity contribution in [1.82, 2.24) is 19.6 Å². The summed E-state index contributed by atoms with van der Waals surface area (Å²) in [7, 11) is 3.20. The van der Waals surface area contributed by atoms with Crippen molar-refractivity contribution >= 4 is 51.5 Å². The summed E-state index contributed by atoms with van der Waals surface area (Å²) in [5.74, 6) is 2.51. The molecule has 0 amide bonds. The predicted molar refractivity (Wildman–Crippen MR) is 112 cm³/mol. The Morgan fingerprint density at radius 2 is 1.79 bits per heavy atom. The van der Waals surface area contributed by atoms with Gasteiger partial charge in [0.2, 0.25) is 0 Å². The first-order valence-electron chi connectivity index (χ1n) is 8.36. The van der Waals surface area contributed by atoms with Gasteiger partial charge in [0.15, 0.2) is 22.3 Å². The van der Waals surface area contributed by atoms with Crippen LogP contribution in [0.1, 0.15) is 11.4 Å². The van der Waals surface area contributed by atoms with Crippen LogP contribution < -0.4 is 9.47 Å². The molecule has 2 aromatic carbocycles. The van der Waals surface area contributed by atoms with Crippen LogP contribution in [0.5, 0.6) is 11.5 Å². The second-order valence-electron chi connectivity index (χ2n) is 6.04. The van der Waals surface area contributed by atoms with E-state index in [1.54, 1.807) is 24.8 Å². The number of aryl methyl sites for hydroxylation is 1. The van der Waals surface area contributed by atoms with Crippen molar-refractivity contribution in [1.29, 1.82) is 0 Å². The Morgan fingerprint density at radius 1 is 1.04 bits per heavy atom. The van der Waals surface area contributed by atoms with Crippen LogP contribution in [-0.4, -0.2) is 33.8 Å². The van der Waals surface area contributed by atoms with E-state index >= 15 is 0 Å². The number of hydrogen-bond donors (Lipinski definition) is 0. The number of benzene rings is 2. The number of aromatic nitrogens is 4. The third kappa shape index (κ3) is 3.45. The van der Waals surface area contributed by atoms with Gasteiger partial charge < -0.3 is 9.47 Å². The van der Waals surface area contributed by atoms with Crippen LogP contribution in [0, 0.1) is 6.92 Å². The first-order chi connectivity index (χ1) is 13.5. The maximum atomic E-state index is 6.30. The molecule has 144 valence electrons. The lowest BCUT2D eigenvalue weighted by atomic mass is 10.2. The summed E-state index contributed by atoms with van der Waals surface area (Å²) in [6, 6.07) is 9.19. The average Bonchev–Trinajstić information content (AvgIpc) is 3.08. The third-order valence-electron chi connectivity index (χ3n) is 4.22. The van der Waals surface area contributed by atoms with Crippen LogP contribution in [0.2, 0.25) is 10.0 Å². The van der Waals surface area contributed by atoms with E-state index in [1.807, 2.05) is 31.2 Å². The molecule has 0 spiro atoms. The second kappa shape index (κ2) is 7.66. The molecule has 0 saturated heterocycles. The molecule has 0 aliphatic heterocycles. The molecule has 0 radical (unpaired) electrons. The van der Waals surface area contributed by atoms with Crippen molar-refractivity contribution in [3.8, 4) is 11.5 Å². The number of nitrogens with zero attached hydrogens (tertiary/aromatic N) is 4. The molecule has 9 heteroatoms. The predicted octanol–water partition coefficient (Wildman–Crippen LogP) is 5.20. The zero-order chi connectivity index (χ0) is 19.8. The SMILES string of the molecule is COc1cc2nc(SCc3ccc(Cl)cc3Cl)n3nc(C)nc3c2cc1OC. The van der Waals surface area contributed by atoms with Gasteiger partial charge in [-0.2, -0.15) is 4.52 Å². The number of halogens is 2. The minimum atomic E-state index is 0.609. The second-order valence-corrected chi connectivity index (χ2v) is 7.82. The normalized spacial score (nSPS) is 11.3. The topological polar surface area (TPSA) is 61.5 Å². The molecule has 0 fully saturated rings. The molecule has 0 atom stereocenters. The highest BCUT2D eigenvalue weighted by Crippen LogP contribution is 2.35. The molecule has 0 unspecified atom stereocenters. The fraction of sp³-hybridized carbons (Fsp3) is 0.211. The first-order valence-corrected chi connectivity index (χ1v) is 10.1. The van der Waals surface area contributed by atoms with Gasteiger partial charge in [0, 0.05) is 27.3 Å². The molecule has 0 saturated carbocycles. The van der Waals surface area contributed by atoms with E-state index in [4.69, 9.17) is 37.7 Å². The fourth-order valence-electron chi connectivity index (χ4n) is 2.89. The molecule has 4 aromatic rings. The lowest BCUT2D eigenvalue weighted by Crippen LogP contribution is -2.00. The van der Waals surface area contributed by atoms with Crippen LogP contribution in [-0.2, 0) is 5.75 Å². The number of fused-ring (bicyclic) bond motifs is 3. The fourth-order valence-corrected chi connectivity index (χ4v) is 4.39.